The van der Waals surface area contributed by atoms with Gasteiger partial charge in [-0.15, -0.1) is 5.10 Å². The second kappa shape index (κ2) is 9.20. The molecule has 0 fully saturated rings. The van der Waals surface area contributed by atoms with Crippen LogP contribution in [0.3, 0.4) is 0 Å². The van der Waals surface area contributed by atoms with Crippen molar-refractivity contribution < 1.29 is 9.53 Å². The lowest BCUT2D eigenvalue weighted by Gasteiger charge is -2.18. The fourth-order valence-corrected chi connectivity index (χ4v) is 2.72. The number of hydrogen-bond donors (Lipinski definition) is 3. The topological polar surface area (TPSA) is 141 Å². The predicted octanol–water partition coefficient (Wildman–Crippen LogP) is 0.747. The summed E-state index contributed by atoms with van der Waals surface area (Å²) in [5.41, 5.74) is 0.101. The van der Waals surface area contributed by atoms with Crippen LogP contribution in [0, 0.1) is 0 Å². The molecule has 0 radical (unpaired) electrons. The molecule has 11 heteroatoms. The van der Waals surface area contributed by atoms with Crippen molar-refractivity contribution in [3.8, 4) is 16.9 Å². The van der Waals surface area contributed by atoms with E-state index < -0.39 is 11.5 Å². The van der Waals surface area contributed by atoms with Crippen molar-refractivity contribution in [3.63, 3.8) is 0 Å². The van der Waals surface area contributed by atoms with E-state index in [1.54, 1.807) is 38.1 Å². The Labute approximate surface area is 166 Å². The minimum absolute atomic E-state index is 0.0642. The first-order valence-electron chi connectivity index (χ1n) is 8.44. The molecule has 0 spiro atoms. The third-order valence-electron chi connectivity index (χ3n) is 3.95. The van der Waals surface area contributed by atoms with Crippen molar-refractivity contribution in [2.75, 3.05) is 13.7 Å². The first-order valence-corrected chi connectivity index (χ1v) is 8.82. The highest BCUT2D eigenvalue weighted by Crippen LogP contribution is 2.28. The Morgan fingerprint density at radius 1 is 1.36 bits per heavy atom. The van der Waals surface area contributed by atoms with Gasteiger partial charge in [0.15, 0.2) is 5.69 Å². The smallest absolute Gasteiger partial charge is 0.280 e. The van der Waals surface area contributed by atoms with Crippen LogP contribution in [0.4, 0.5) is 0 Å². The van der Waals surface area contributed by atoms with Gasteiger partial charge in [-0.25, -0.2) is 10.5 Å². The van der Waals surface area contributed by atoms with E-state index in [4.69, 9.17) is 28.0 Å². The Balaban J connectivity index is 2.57. The molecular formula is C17H22ClN7O3. The van der Waals surface area contributed by atoms with Gasteiger partial charge >= 0.3 is 0 Å². The fourth-order valence-electron chi connectivity index (χ4n) is 2.41. The van der Waals surface area contributed by atoms with Crippen LogP contribution in [0.2, 0.25) is 5.02 Å². The Morgan fingerprint density at radius 2 is 2.00 bits per heavy atom. The zero-order chi connectivity index (χ0) is 20.8. The lowest BCUT2D eigenvalue weighted by Crippen LogP contribution is -2.49. The highest BCUT2D eigenvalue weighted by molar-refractivity contribution is 6.36. The summed E-state index contributed by atoms with van der Waals surface area (Å²) in [7, 11) is 1.54. The molecule has 0 aliphatic rings. The maximum atomic E-state index is 12.8. The van der Waals surface area contributed by atoms with Gasteiger partial charge in [-0.05, 0) is 31.5 Å². The van der Waals surface area contributed by atoms with Crippen molar-refractivity contribution >= 4 is 23.5 Å². The van der Waals surface area contributed by atoms with Crippen molar-refractivity contribution in [1.29, 1.82) is 0 Å². The van der Waals surface area contributed by atoms with E-state index >= 15 is 0 Å². The predicted molar refractivity (Wildman–Crippen MR) is 107 cm³/mol. The SMILES string of the molecule is CCN(N)/C(=N\N)NC(=O)c1nn(CC)c(=O)c(-c2ccc(OC)cc2)c1Cl. The number of nitrogens with one attached hydrogen (secondary N) is 1. The average molecular weight is 408 g/mol. The van der Waals surface area contributed by atoms with E-state index in [2.05, 4.69) is 15.5 Å². The molecule has 0 aliphatic carbocycles. The van der Waals surface area contributed by atoms with Crippen molar-refractivity contribution in [1.82, 2.24) is 20.1 Å². The molecule has 0 unspecified atom stereocenters. The minimum atomic E-state index is -0.699. The molecule has 0 saturated carbocycles. The minimum Gasteiger partial charge on any atom is -0.497 e. The molecule has 1 aromatic carbocycles. The molecule has 0 saturated heterocycles. The van der Waals surface area contributed by atoms with Crippen LogP contribution < -0.4 is 27.3 Å². The van der Waals surface area contributed by atoms with Crippen molar-refractivity contribution in [2.45, 2.75) is 20.4 Å². The van der Waals surface area contributed by atoms with Crippen LogP contribution in [-0.2, 0) is 6.54 Å². The number of aromatic nitrogens is 2. The lowest BCUT2D eigenvalue weighted by molar-refractivity contribution is 0.0965. The summed E-state index contributed by atoms with van der Waals surface area (Å²) in [6, 6.07) is 6.73. The maximum Gasteiger partial charge on any atom is 0.280 e. The molecule has 1 heterocycles. The molecule has 150 valence electrons. The normalized spacial score (nSPS) is 11.2. The van der Waals surface area contributed by atoms with Crippen LogP contribution in [0.15, 0.2) is 34.2 Å². The Kier molecular flexibility index (Phi) is 6.96. The van der Waals surface area contributed by atoms with Crippen LogP contribution in [0.1, 0.15) is 24.3 Å². The quantitative estimate of drug-likeness (QED) is 0.287. The number of nitrogens with zero attached hydrogens (tertiary/aromatic N) is 4. The first kappa shape index (κ1) is 21.2. The molecule has 0 bridgehead atoms. The second-order valence-electron chi connectivity index (χ2n) is 5.58. The van der Waals surface area contributed by atoms with Crippen LogP contribution in [-0.4, -0.2) is 40.3 Å². The van der Waals surface area contributed by atoms with E-state index in [-0.39, 0.29) is 28.8 Å². The maximum absolute atomic E-state index is 12.8. The largest absolute Gasteiger partial charge is 0.497 e. The van der Waals surface area contributed by atoms with Crippen molar-refractivity contribution in [2.24, 2.45) is 16.8 Å². The molecule has 2 rings (SSSR count). The zero-order valence-corrected chi connectivity index (χ0v) is 16.5. The number of hydrazone groups is 1. The number of benzene rings is 1. The second-order valence-corrected chi connectivity index (χ2v) is 5.96. The van der Waals surface area contributed by atoms with Crippen LogP contribution in [0.25, 0.3) is 11.1 Å². The lowest BCUT2D eigenvalue weighted by atomic mass is 10.1. The molecule has 2 aromatic rings. The van der Waals surface area contributed by atoms with E-state index in [0.29, 0.717) is 17.9 Å². The molecule has 0 atom stereocenters. The van der Waals surface area contributed by atoms with E-state index in [1.807, 2.05) is 0 Å². The number of methoxy groups -OCH3 is 1. The molecule has 28 heavy (non-hydrogen) atoms. The molecule has 1 aromatic heterocycles. The third-order valence-corrected chi connectivity index (χ3v) is 4.32. The molecule has 5 N–H and O–H groups in total. The van der Waals surface area contributed by atoms with Crippen LogP contribution >= 0.6 is 11.6 Å². The first-order chi connectivity index (χ1) is 13.4. The number of hydrogen-bond acceptors (Lipinski definition) is 7. The number of ether oxygens (including phenoxy) is 1. The number of carbonyl (C=O) groups is 1. The highest BCUT2D eigenvalue weighted by atomic mass is 35.5. The van der Waals surface area contributed by atoms with Gasteiger partial charge in [0.05, 0.1) is 17.7 Å². The Bertz CT molecular complexity index is 941. The van der Waals surface area contributed by atoms with E-state index in [1.165, 1.54) is 7.11 Å². The van der Waals surface area contributed by atoms with Gasteiger partial charge in [0.1, 0.15) is 5.75 Å². The summed E-state index contributed by atoms with van der Waals surface area (Å²) in [5, 5.41) is 11.0. The molecule has 1 amide bonds. The van der Waals surface area contributed by atoms with E-state index in [0.717, 1.165) is 9.69 Å². The van der Waals surface area contributed by atoms with E-state index in [9.17, 15) is 9.59 Å². The van der Waals surface area contributed by atoms with Gasteiger partial charge < -0.3 is 10.6 Å². The van der Waals surface area contributed by atoms with Gasteiger partial charge in [0.2, 0.25) is 5.96 Å². The number of nitrogens with two attached hydrogens (primary N) is 2. The standard InChI is InChI=1S/C17H22ClN7O3/c1-4-24(20)17(22-19)21-15(26)14-13(18)12(16(27)25(5-2)23-14)10-6-8-11(28-3)9-7-10/h6-9H,4-5,19-20H2,1-3H3,(H,21,22,26). The number of rotatable bonds is 5. The van der Waals surface area contributed by atoms with Crippen molar-refractivity contribution in [3.05, 3.63) is 45.3 Å². The summed E-state index contributed by atoms with van der Waals surface area (Å²) in [5.74, 6) is 10.8. The summed E-state index contributed by atoms with van der Waals surface area (Å²) in [6.07, 6.45) is 0. The number of carbonyl (C=O) groups excluding carboxylic acids is 1. The van der Waals surface area contributed by atoms with Crippen LogP contribution in [0.5, 0.6) is 5.75 Å². The summed E-state index contributed by atoms with van der Waals surface area (Å²) in [4.78, 5) is 25.5. The van der Waals surface area contributed by atoms with Gasteiger partial charge in [-0.3, -0.25) is 19.9 Å². The number of guanidine groups is 1. The van der Waals surface area contributed by atoms with Gasteiger partial charge in [-0.1, -0.05) is 23.7 Å². The Morgan fingerprint density at radius 3 is 2.50 bits per heavy atom. The molecule has 0 aliphatic heterocycles. The molecular weight excluding hydrogens is 386 g/mol. The molecule has 10 nitrogen and oxygen atoms in total. The highest BCUT2D eigenvalue weighted by Gasteiger charge is 2.23. The zero-order valence-electron chi connectivity index (χ0n) is 15.8. The number of aryl methyl sites for hydroxylation is 1. The summed E-state index contributed by atoms with van der Waals surface area (Å²) in [6.45, 7) is 4.08. The van der Waals surface area contributed by atoms with Gasteiger partial charge in [0, 0.05) is 13.1 Å². The summed E-state index contributed by atoms with van der Waals surface area (Å²) < 4.78 is 6.28. The third kappa shape index (κ3) is 4.24. The monoisotopic (exact) mass is 407 g/mol. The number of hydrazine groups is 1. The number of amides is 1. The van der Waals surface area contributed by atoms with Gasteiger partial charge in [0.25, 0.3) is 11.5 Å². The number of halogens is 1. The fraction of sp³-hybridized carbons (Fsp3) is 0.294. The summed E-state index contributed by atoms with van der Waals surface area (Å²) >= 11 is 6.40. The van der Waals surface area contributed by atoms with Gasteiger partial charge in [-0.2, -0.15) is 5.10 Å². The Hall–Kier alpha value is -3.11. The average Bonchev–Trinajstić information content (AvgIpc) is 2.72.